The van der Waals surface area contributed by atoms with Crippen molar-refractivity contribution in [3.05, 3.63) is 64.2 Å². The Kier molecular flexibility index (Phi) is 7.92. The van der Waals surface area contributed by atoms with Crippen LogP contribution in [0.1, 0.15) is 32.6 Å². The lowest BCUT2D eigenvalue weighted by molar-refractivity contribution is -0.0974. The Labute approximate surface area is 172 Å². The minimum atomic E-state index is -3.64. The van der Waals surface area contributed by atoms with Crippen molar-refractivity contribution in [2.24, 2.45) is 0 Å². The van der Waals surface area contributed by atoms with Crippen molar-refractivity contribution in [3.63, 3.8) is 0 Å². The summed E-state index contributed by atoms with van der Waals surface area (Å²) in [6.07, 6.45) is -0.513. The summed E-state index contributed by atoms with van der Waals surface area (Å²) < 4.78 is 38.2. The molecule has 7 nitrogen and oxygen atoms in total. The van der Waals surface area contributed by atoms with Gasteiger partial charge in [-0.3, -0.25) is 4.79 Å². The minimum Gasteiger partial charge on any atom is -0.354 e. The fourth-order valence-electron chi connectivity index (χ4n) is 3.16. The molecule has 0 aliphatic carbocycles. The van der Waals surface area contributed by atoms with Crippen molar-refractivity contribution in [2.45, 2.75) is 38.5 Å². The van der Waals surface area contributed by atoms with Gasteiger partial charge in [-0.15, -0.1) is 0 Å². The second kappa shape index (κ2) is 9.98. The Morgan fingerprint density at radius 1 is 1.00 bits per heavy atom. The number of hydrogen-bond acceptors (Lipinski definition) is 5. The number of hydrogen-bond donors (Lipinski definition) is 2. The first-order valence-corrected chi connectivity index (χ1v) is 10.7. The van der Waals surface area contributed by atoms with Gasteiger partial charge in [-0.1, -0.05) is 29.8 Å². The van der Waals surface area contributed by atoms with Gasteiger partial charge in [0.1, 0.15) is 0 Å². The third-order valence-electron chi connectivity index (χ3n) is 4.51. The largest absolute Gasteiger partial charge is 0.354 e. The molecule has 0 unspecified atom stereocenters. The molecule has 0 aliphatic rings. The number of rotatable bonds is 9. The van der Waals surface area contributed by atoms with E-state index in [1.54, 1.807) is 38.1 Å². The summed E-state index contributed by atoms with van der Waals surface area (Å²) in [4.78, 5) is 12.5. The zero-order valence-corrected chi connectivity index (χ0v) is 18.2. The summed E-state index contributed by atoms with van der Waals surface area (Å²) in [7, 11) is -0.653. The average molecular weight is 421 g/mol. The molecular formula is C21H28N2O5S. The van der Waals surface area contributed by atoms with Crippen LogP contribution in [0.15, 0.2) is 41.3 Å². The molecule has 0 saturated carbocycles. The van der Waals surface area contributed by atoms with Crippen LogP contribution in [0.3, 0.4) is 0 Å². The van der Waals surface area contributed by atoms with Crippen molar-refractivity contribution < 1.29 is 22.7 Å². The van der Waals surface area contributed by atoms with E-state index in [2.05, 4.69) is 10.0 Å². The van der Waals surface area contributed by atoms with Gasteiger partial charge in [0, 0.05) is 26.3 Å². The van der Waals surface area contributed by atoms with E-state index in [9.17, 15) is 13.2 Å². The fraction of sp³-hybridized carbons (Fsp3) is 0.381. The van der Waals surface area contributed by atoms with Gasteiger partial charge in [0.2, 0.25) is 10.0 Å². The van der Waals surface area contributed by atoms with Gasteiger partial charge in [-0.2, -0.15) is 0 Å². The standard InChI is InChI=1S/C21H28N2O5S/c1-14-10-15(2)20(16(3)11-14)29(25,26)23-12-17-6-8-18(9-7-17)21(24)22-13-19(27-4)28-5/h6-11,19,23H,12-13H2,1-5H3,(H,22,24). The third-order valence-corrected chi connectivity index (χ3v) is 6.22. The molecule has 29 heavy (non-hydrogen) atoms. The van der Waals surface area contributed by atoms with Gasteiger partial charge in [0.25, 0.3) is 5.91 Å². The second-order valence-electron chi connectivity index (χ2n) is 6.86. The number of sulfonamides is 1. The van der Waals surface area contributed by atoms with Gasteiger partial charge in [0.05, 0.1) is 11.4 Å². The lowest BCUT2D eigenvalue weighted by atomic mass is 10.1. The van der Waals surface area contributed by atoms with E-state index < -0.39 is 16.3 Å². The van der Waals surface area contributed by atoms with Gasteiger partial charge in [-0.25, -0.2) is 13.1 Å². The number of aryl methyl sites for hydroxylation is 3. The highest BCUT2D eigenvalue weighted by Crippen LogP contribution is 2.21. The smallest absolute Gasteiger partial charge is 0.251 e. The highest BCUT2D eigenvalue weighted by Gasteiger charge is 2.19. The Morgan fingerprint density at radius 2 is 1.55 bits per heavy atom. The van der Waals surface area contributed by atoms with E-state index in [0.717, 1.165) is 11.1 Å². The third kappa shape index (κ3) is 6.11. The molecule has 2 N–H and O–H groups in total. The molecule has 158 valence electrons. The van der Waals surface area contributed by atoms with Crippen LogP contribution in [0.25, 0.3) is 0 Å². The Morgan fingerprint density at radius 3 is 2.07 bits per heavy atom. The lowest BCUT2D eigenvalue weighted by Gasteiger charge is -2.14. The number of carbonyl (C=O) groups is 1. The number of nitrogens with one attached hydrogen (secondary N) is 2. The maximum Gasteiger partial charge on any atom is 0.251 e. The molecule has 0 radical (unpaired) electrons. The Balaban J connectivity index is 2.02. The summed E-state index contributed by atoms with van der Waals surface area (Å²) in [6, 6.07) is 10.4. The van der Waals surface area contributed by atoms with Crippen molar-refractivity contribution in [1.29, 1.82) is 0 Å². The van der Waals surface area contributed by atoms with E-state index >= 15 is 0 Å². The highest BCUT2D eigenvalue weighted by atomic mass is 32.2. The molecular weight excluding hydrogens is 392 g/mol. The van der Waals surface area contributed by atoms with Crippen LogP contribution in [0, 0.1) is 20.8 Å². The first-order valence-electron chi connectivity index (χ1n) is 9.18. The number of benzene rings is 2. The van der Waals surface area contributed by atoms with Crippen LogP contribution in [0.5, 0.6) is 0 Å². The lowest BCUT2D eigenvalue weighted by Crippen LogP contribution is -2.34. The van der Waals surface area contributed by atoms with Crippen LogP contribution >= 0.6 is 0 Å². The minimum absolute atomic E-state index is 0.131. The van der Waals surface area contributed by atoms with Crippen molar-refractivity contribution >= 4 is 15.9 Å². The molecule has 0 spiro atoms. The van der Waals surface area contributed by atoms with Crippen LogP contribution in [0.4, 0.5) is 0 Å². The zero-order chi connectivity index (χ0) is 21.6. The number of carbonyl (C=O) groups excluding carboxylic acids is 1. The molecule has 2 aromatic carbocycles. The number of methoxy groups -OCH3 is 2. The molecule has 0 heterocycles. The molecule has 0 bridgehead atoms. The van der Waals surface area contributed by atoms with Crippen molar-refractivity contribution in [1.82, 2.24) is 10.0 Å². The van der Waals surface area contributed by atoms with Crippen LogP contribution in [0.2, 0.25) is 0 Å². The topological polar surface area (TPSA) is 93.7 Å². The van der Waals surface area contributed by atoms with E-state index in [0.29, 0.717) is 21.6 Å². The van der Waals surface area contributed by atoms with E-state index in [1.165, 1.54) is 14.2 Å². The van der Waals surface area contributed by atoms with Gasteiger partial charge < -0.3 is 14.8 Å². The van der Waals surface area contributed by atoms with Crippen molar-refractivity contribution in [2.75, 3.05) is 20.8 Å². The Bertz CT molecular complexity index is 929. The van der Waals surface area contributed by atoms with E-state index in [4.69, 9.17) is 9.47 Å². The van der Waals surface area contributed by atoms with Gasteiger partial charge >= 0.3 is 0 Å². The highest BCUT2D eigenvalue weighted by molar-refractivity contribution is 7.89. The first-order chi connectivity index (χ1) is 13.7. The zero-order valence-electron chi connectivity index (χ0n) is 17.4. The Hall–Kier alpha value is -2.26. The number of ether oxygens (including phenoxy) is 2. The van der Waals surface area contributed by atoms with Crippen LogP contribution in [-0.2, 0) is 26.0 Å². The van der Waals surface area contributed by atoms with Crippen LogP contribution in [-0.4, -0.2) is 41.4 Å². The summed E-state index contributed by atoms with van der Waals surface area (Å²) in [5.74, 6) is -0.262. The summed E-state index contributed by atoms with van der Waals surface area (Å²) >= 11 is 0. The number of amides is 1. The quantitative estimate of drug-likeness (QED) is 0.608. The molecule has 0 saturated heterocycles. The predicted octanol–water partition coefficient (Wildman–Crippen LogP) is 2.44. The molecule has 0 atom stereocenters. The monoisotopic (exact) mass is 420 g/mol. The normalized spacial score (nSPS) is 11.7. The first kappa shape index (κ1) is 23.0. The van der Waals surface area contributed by atoms with Crippen molar-refractivity contribution in [3.8, 4) is 0 Å². The SMILES string of the molecule is COC(CNC(=O)c1ccc(CNS(=O)(=O)c2c(C)cc(C)cc2C)cc1)OC. The molecule has 1 amide bonds. The molecule has 0 fully saturated rings. The maximum atomic E-state index is 12.7. The fourth-order valence-corrected chi connectivity index (χ4v) is 4.62. The second-order valence-corrected chi connectivity index (χ2v) is 8.56. The van der Waals surface area contributed by atoms with Gasteiger partial charge in [0.15, 0.2) is 6.29 Å². The molecule has 2 rings (SSSR count). The van der Waals surface area contributed by atoms with E-state index in [-0.39, 0.29) is 19.0 Å². The van der Waals surface area contributed by atoms with Gasteiger partial charge in [-0.05, 0) is 49.6 Å². The molecule has 0 aromatic heterocycles. The summed E-state index contributed by atoms with van der Waals surface area (Å²) in [6.45, 7) is 5.88. The maximum absolute atomic E-state index is 12.7. The van der Waals surface area contributed by atoms with E-state index in [1.807, 2.05) is 19.1 Å². The summed E-state index contributed by atoms with van der Waals surface area (Å²) in [5, 5.41) is 2.71. The summed E-state index contributed by atoms with van der Waals surface area (Å²) in [5.41, 5.74) is 3.67. The average Bonchev–Trinajstić information content (AvgIpc) is 2.66. The molecule has 0 aliphatic heterocycles. The molecule has 8 heteroatoms. The predicted molar refractivity (Wildman–Crippen MR) is 111 cm³/mol. The van der Waals surface area contributed by atoms with Crippen LogP contribution < -0.4 is 10.0 Å². The molecule has 2 aromatic rings.